The number of carbonyl (C=O) groups excluding carboxylic acids is 2. The van der Waals surface area contributed by atoms with Gasteiger partial charge in [0.1, 0.15) is 11.8 Å². The van der Waals surface area contributed by atoms with Gasteiger partial charge in [-0.3, -0.25) is 9.59 Å². The zero-order valence-electron chi connectivity index (χ0n) is 15.5. The van der Waals surface area contributed by atoms with E-state index in [1.165, 1.54) is 0 Å². The molecule has 0 aromatic heterocycles. The molecule has 5 heteroatoms. The van der Waals surface area contributed by atoms with E-state index in [1.807, 2.05) is 52.0 Å². The first-order valence-electron chi connectivity index (χ1n) is 8.62. The van der Waals surface area contributed by atoms with Crippen LogP contribution in [0, 0.1) is 5.92 Å². The van der Waals surface area contributed by atoms with E-state index in [4.69, 9.17) is 4.74 Å². The number of hydrogen-bond donors (Lipinski definition) is 1. The van der Waals surface area contributed by atoms with Crippen LogP contribution in [0.3, 0.4) is 0 Å². The van der Waals surface area contributed by atoms with Crippen molar-refractivity contribution in [2.24, 2.45) is 5.92 Å². The zero-order chi connectivity index (χ0) is 18.1. The number of rotatable bonds is 9. The molecule has 0 saturated carbocycles. The summed E-state index contributed by atoms with van der Waals surface area (Å²) in [6, 6.07) is 7.14. The van der Waals surface area contributed by atoms with Crippen LogP contribution in [0.25, 0.3) is 0 Å². The third-order valence-corrected chi connectivity index (χ3v) is 3.86. The van der Waals surface area contributed by atoms with Crippen LogP contribution in [0.2, 0.25) is 0 Å². The highest BCUT2D eigenvalue weighted by atomic mass is 16.5. The van der Waals surface area contributed by atoms with Gasteiger partial charge in [0.05, 0.1) is 7.11 Å². The Balaban J connectivity index is 2.96. The molecule has 1 aromatic rings. The lowest BCUT2D eigenvalue weighted by Crippen LogP contribution is -2.49. The van der Waals surface area contributed by atoms with Gasteiger partial charge < -0.3 is 15.0 Å². The van der Waals surface area contributed by atoms with Gasteiger partial charge in [0, 0.05) is 19.5 Å². The molecule has 0 aliphatic rings. The van der Waals surface area contributed by atoms with E-state index < -0.39 is 6.04 Å². The van der Waals surface area contributed by atoms with Crippen molar-refractivity contribution < 1.29 is 14.3 Å². The van der Waals surface area contributed by atoms with E-state index in [0.29, 0.717) is 31.8 Å². The topological polar surface area (TPSA) is 58.6 Å². The van der Waals surface area contributed by atoms with Crippen LogP contribution in [0.4, 0.5) is 0 Å². The average Bonchev–Trinajstić information content (AvgIpc) is 2.59. The number of nitrogens with zero attached hydrogens (tertiary/aromatic N) is 1. The summed E-state index contributed by atoms with van der Waals surface area (Å²) in [5, 5.41) is 2.94. The van der Waals surface area contributed by atoms with E-state index in [1.54, 1.807) is 12.0 Å². The quantitative estimate of drug-likeness (QED) is 0.755. The maximum atomic E-state index is 12.5. The smallest absolute Gasteiger partial charge is 0.242 e. The predicted molar refractivity (Wildman–Crippen MR) is 95.8 cm³/mol. The summed E-state index contributed by atoms with van der Waals surface area (Å²) in [7, 11) is 1.61. The molecule has 0 saturated heterocycles. The SMILES string of the molecule is CCC(=O)N(Cc1cccc(OC)c1)C(CC)C(=O)NCC(C)C. The summed E-state index contributed by atoms with van der Waals surface area (Å²) in [5.74, 6) is 1.01. The summed E-state index contributed by atoms with van der Waals surface area (Å²) < 4.78 is 5.24. The molecule has 2 amide bonds. The van der Waals surface area contributed by atoms with Crippen LogP contribution < -0.4 is 10.1 Å². The first kappa shape index (κ1) is 20.0. The monoisotopic (exact) mass is 334 g/mol. The minimum absolute atomic E-state index is 0.0237. The minimum Gasteiger partial charge on any atom is -0.497 e. The average molecular weight is 334 g/mol. The summed E-state index contributed by atoms with van der Waals surface area (Å²) in [6.07, 6.45) is 0.956. The maximum Gasteiger partial charge on any atom is 0.242 e. The highest BCUT2D eigenvalue weighted by Gasteiger charge is 2.27. The van der Waals surface area contributed by atoms with Crippen molar-refractivity contribution in [1.82, 2.24) is 10.2 Å². The van der Waals surface area contributed by atoms with Gasteiger partial charge in [-0.15, -0.1) is 0 Å². The standard InChI is InChI=1S/C19H30N2O3/c1-6-17(19(23)20-12-14(3)4)21(18(22)7-2)13-15-9-8-10-16(11-15)24-5/h8-11,14,17H,6-7,12-13H2,1-5H3,(H,20,23). The van der Waals surface area contributed by atoms with Crippen molar-refractivity contribution in [1.29, 1.82) is 0 Å². The second kappa shape index (κ2) is 9.96. The lowest BCUT2D eigenvalue weighted by atomic mass is 10.1. The molecule has 0 aliphatic heterocycles. The van der Waals surface area contributed by atoms with E-state index in [2.05, 4.69) is 5.32 Å². The Hall–Kier alpha value is -2.04. The molecule has 1 aromatic carbocycles. The molecule has 0 radical (unpaired) electrons. The summed E-state index contributed by atoms with van der Waals surface area (Å²) >= 11 is 0. The molecule has 0 aliphatic carbocycles. The van der Waals surface area contributed by atoms with Crippen molar-refractivity contribution in [2.45, 2.75) is 53.1 Å². The fourth-order valence-electron chi connectivity index (χ4n) is 2.51. The van der Waals surface area contributed by atoms with Gasteiger partial charge in [0.2, 0.25) is 11.8 Å². The molecular formula is C19H30N2O3. The fourth-order valence-corrected chi connectivity index (χ4v) is 2.51. The Morgan fingerprint density at radius 3 is 2.50 bits per heavy atom. The first-order chi connectivity index (χ1) is 11.4. The van der Waals surface area contributed by atoms with Gasteiger partial charge in [-0.1, -0.05) is 39.8 Å². The molecule has 134 valence electrons. The molecule has 0 fully saturated rings. The number of carbonyl (C=O) groups is 2. The Bertz CT molecular complexity index is 543. The fraction of sp³-hybridized carbons (Fsp3) is 0.579. The predicted octanol–water partition coefficient (Wildman–Crippen LogP) is 2.98. The maximum absolute atomic E-state index is 12.5. The molecular weight excluding hydrogens is 304 g/mol. The van der Waals surface area contributed by atoms with Gasteiger partial charge >= 0.3 is 0 Å². The van der Waals surface area contributed by atoms with Gasteiger partial charge in [0.15, 0.2) is 0 Å². The normalized spacial score (nSPS) is 11.9. The number of nitrogens with one attached hydrogen (secondary N) is 1. The van der Waals surface area contributed by atoms with E-state index in [0.717, 1.165) is 11.3 Å². The van der Waals surface area contributed by atoms with E-state index in [-0.39, 0.29) is 11.8 Å². The molecule has 24 heavy (non-hydrogen) atoms. The summed E-state index contributed by atoms with van der Waals surface area (Å²) in [6.45, 7) is 8.86. The first-order valence-corrected chi connectivity index (χ1v) is 8.62. The number of ether oxygens (including phenoxy) is 1. The van der Waals surface area contributed by atoms with Crippen LogP contribution in [-0.2, 0) is 16.1 Å². The third kappa shape index (κ3) is 5.87. The number of methoxy groups -OCH3 is 1. The highest BCUT2D eigenvalue weighted by Crippen LogP contribution is 2.17. The van der Waals surface area contributed by atoms with Crippen molar-refractivity contribution in [2.75, 3.05) is 13.7 Å². The Kier molecular flexibility index (Phi) is 8.30. The Morgan fingerprint density at radius 2 is 1.96 bits per heavy atom. The molecule has 0 bridgehead atoms. The highest BCUT2D eigenvalue weighted by molar-refractivity contribution is 5.87. The number of hydrogen-bond acceptors (Lipinski definition) is 3. The second-order valence-electron chi connectivity index (χ2n) is 6.29. The molecule has 1 atom stereocenters. The van der Waals surface area contributed by atoms with Crippen molar-refractivity contribution in [3.8, 4) is 5.75 Å². The van der Waals surface area contributed by atoms with Crippen LogP contribution in [-0.4, -0.2) is 36.4 Å². The van der Waals surface area contributed by atoms with Crippen molar-refractivity contribution in [3.63, 3.8) is 0 Å². The molecule has 1 unspecified atom stereocenters. The number of benzene rings is 1. The molecule has 1 N–H and O–H groups in total. The van der Waals surface area contributed by atoms with Gasteiger partial charge in [-0.2, -0.15) is 0 Å². The van der Waals surface area contributed by atoms with Crippen LogP contribution in [0.5, 0.6) is 5.75 Å². The molecule has 0 heterocycles. The van der Waals surface area contributed by atoms with Gasteiger partial charge in [-0.25, -0.2) is 0 Å². The molecule has 1 rings (SSSR count). The van der Waals surface area contributed by atoms with Crippen LogP contribution >= 0.6 is 0 Å². The molecule has 0 spiro atoms. The number of amides is 2. The third-order valence-electron chi connectivity index (χ3n) is 3.86. The summed E-state index contributed by atoms with van der Waals surface area (Å²) in [5.41, 5.74) is 0.950. The minimum atomic E-state index is -0.456. The van der Waals surface area contributed by atoms with Gasteiger partial charge in [-0.05, 0) is 30.0 Å². The Labute approximate surface area is 145 Å². The van der Waals surface area contributed by atoms with Crippen molar-refractivity contribution >= 4 is 11.8 Å². The van der Waals surface area contributed by atoms with E-state index in [9.17, 15) is 9.59 Å². The van der Waals surface area contributed by atoms with E-state index >= 15 is 0 Å². The largest absolute Gasteiger partial charge is 0.497 e. The molecule has 5 nitrogen and oxygen atoms in total. The van der Waals surface area contributed by atoms with Crippen LogP contribution in [0.1, 0.15) is 46.1 Å². The lowest BCUT2D eigenvalue weighted by molar-refractivity contribution is -0.141. The van der Waals surface area contributed by atoms with Crippen LogP contribution in [0.15, 0.2) is 24.3 Å². The Morgan fingerprint density at radius 1 is 1.25 bits per heavy atom. The lowest BCUT2D eigenvalue weighted by Gasteiger charge is -2.30. The second-order valence-corrected chi connectivity index (χ2v) is 6.29. The summed E-state index contributed by atoms with van der Waals surface area (Å²) in [4.78, 5) is 26.6. The van der Waals surface area contributed by atoms with Gasteiger partial charge in [0.25, 0.3) is 0 Å². The zero-order valence-corrected chi connectivity index (χ0v) is 15.5. The van der Waals surface area contributed by atoms with Crippen molar-refractivity contribution in [3.05, 3.63) is 29.8 Å².